The van der Waals surface area contributed by atoms with E-state index in [1.165, 1.54) is 0 Å². The molecule has 1 N–H and O–H groups in total. The van der Waals surface area contributed by atoms with Crippen LogP contribution < -0.4 is 5.32 Å². The number of hydrogen-bond acceptors (Lipinski definition) is 2. The van der Waals surface area contributed by atoms with Crippen LogP contribution in [0.1, 0.15) is 35.7 Å². The van der Waals surface area contributed by atoms with Crippen molar-refractivity contribution in [1.82, 2.24) is 10.2 Å². The first-order valence-corrected chi connectivity index (χ1v) is 6.63. The van der Waals surface area contributed by atoms with E-state index in [1.54, 1.807) is 24.1 Å². The van der Waals surface area contributed by atoms with Gasteiger partial charge in [-0.25, -0.2) is 0 Å². The van der Waals surface area contributed by atoms with E-state index >= 15 is 0 Å². The topological polar surface area (TPSA) is 49.4 Å². The van der Waals surface area contributed by atoms with Crippen LogP contribution >= 0.6 is 0 Å². The zero-order valence-electron chi connectivity index (χ0n) is 11.9. The van der Waals surface area contributed by atoms with E-state index in [-0.39, 0.29) is 18.4 Å². The Bertz CT molecular complexity index is 426. The molecule has 0 saturated carbocycles. The second kappa shape index (κ2) is 7.56. The van der Waals surface area contributed by atoms with E-state index in [0.29, 0.717) is 5.56 Å². The van der Waals surface area contributed by atoms with Gasteiger partial charge in [-0.05, 0) is 25.5 Å². The zero-order valence-corrected chi connectivity index (χ0v) is 11.9. The molecular formula is C15H22N2O2. The molecule has 0 fully saturated rings. The highest BCUT2D eigenvalue weighted by molar-refractivity contribution is 5.96. The van der Waals surface area contributed by atoms with Crippen molar-refractivity contribution >= 4 is 11.8 Å². The molecule has 1 aromatic carbocycles. The lowest BCUT2D eigenvalue weighted by molar-refractivity contribution is -0.128. The number of unbranched alkanes of at least 4 members (excludes halogenated alkanes) is 1. The molecule has 0 saturated heterocycles. The molecule has 0 aliphatic rings. The Balaban J connectivity index is 2.41. The molecule has 0 spiro atoms. The van der Waals surface area contributed by atoms with Gasteiger partial charge >= 0.3 is 0 Å². The molecule has 1 aromatic rings. The SMILES string of the molecule is CCCCN(C)C(=O)CNC(=O)c1ccc(C)cc1. The first-order valence-electron chi connectivity index (χ1n) is 6.63. The van der Waals surface area contributed by atoms with Gasteiger partial charge < -0.3 is 10.2 Å². The molecule has 0 bridgehead atoms. The van der Waals surface area contributed by atoms with E-state index < -0.39 is 0 Å². The lowest BCUT2D eigenvalue weighted by Gasteiger charge is -2.16. The van der Waals surface area contributed by atoms with Crippen LogP contribution in [0.3, 0.4) is 0 Å². The number of nitrogens with zero attached hydrogens (tertiary/aromatic N) is 1. The molecule has 1 rings (SSSR count). The summed E-state index contributed by atoms with van der Waals surface area (Å²) in [5.74, 6) is -0.272. The number of carbonyl (C=O) groups is 2. The Morgan fingerprint density at radius 1 is 1.21 bits per heavy atom. The van der Waals surface area contributed by atoms with Crippen LogP contribution in [0.25, 0.3) is 0 Å². The van der Waals surface area contributed by atoms with Crippen LogP contribution in [0.5, 0.6) is 0 Å². The van der Waals surface area contributed by atoms with Crippen LogP contribution in [-0.2, 0) is 4.79 Å². The minimum Gasteiger partial charge on any atom is -0.344 e. The Kier molecular flexibility index (Phi) is 6.06. The maximum atomic E-state index is 11.8. The normalized spacial score (nSPS) is 10.1. The third-order valence-corrected chi connectivity index (χ3v) is 2.99. The predicted molar refractivity (Wildman–Crippen MR) is 76.1 cm³/mol. The van der Waals surface area contributed by atoms with E-state index in [9.17, 15) is 9.59 Å². The molecule has 0 aliphatic heterocycles. The van der Waals surface area contributed by atoms with Crippen molar-refractivity contribution in [3.63, 3.8) is 0 Å². The molecule has 0 aromatic heterocycles. The number of carbonyl (C=O) groups excluding carboxylic acids is 2. The van der Waals surface area contributed by atoms with Crippen LogP contribution in [0.15, 0.2) is 24.3 Å². The molecule has 2 amide bonds. The van der Waals surface area contributed by atoms with Crippen LogP contribution in [-0.4, -0.2) is 36.9 Å². The second-order valence-electron chi connectivity index (χ2n) is 4.72. The predicted octanol–water partition coefficient (Wildman–Crippen LogP) is 1.98. The van der Waals surface area contributed by atoms with Gasteiger partial charge in [0.1, 0.15) is 0 Å². The quantitative estimate of drug-likeness (QED) is 0.852. The lowest BCUT2D eigenvalue weighted by atomic mass is 10.1. The Labute approximate surface area is 114 Å². The highest BCUT2D eigenvalue weighted by Crippen LogP contribution is 2.02. The first kappa shape index (κ1) is 15.2. The summed E-state index contributed by atoms with van der Waals surface area (Å²) in [4.78, 5) is 25.2. The Morgan fingerprint density at radius 2 is 1.84 bits per heavy atom. The molecule has 4 heteroatoms. The average molecular weight is 262 g/mol. The van der Waals surface area contributed by atoms with Gasteiger partial charge in [0.2, 0.25) is 5.91 Å². The van der Waals surface area contributed by atoms with Crippen LogP contribution in [0.2, 0.25) is 0 Å². The fourth-order valence-corrected chi connectivity index (χ4v) is 1.62. The number of likely N-dealkylation sites (N-methyl/N-ethyl adjacent to an activating group) is 1. The molecule has 104 valence electrons. The molecule has 0 heterocycles. The van der Waals surface area contributed by atoms with Gasteiger partial charge in [-0.15, -0.1) is 0 Å². The van der Waals surface area contributed by atoms with Gasteiger partial charge in [0.25, 0.3) is 5.91 Å². The van der Waals surface area contributed by atoms with Gasteiger partial charge in [-0.3, -0.25) is 9.59 Å². The Morgan fingerprint density at radius 3 is 2.42 bits per heavy atom. The minimum atomic E-state index is -0.211. The maximum Gasteiger partial charge on any atom is 0.251 e. The average Bonchev–Trinajstić information content (AvgIpc) is 2.42. The summed E-state index contributed by atoms with van der Waals surface area (Å²) in [6, 6.07) is 7.28. The largest absolute Gasteiger partial charge is 0.344 e. The third kappa shape index (κ3) is 5.12. The van der Waals surface area contributed by atoms with Crippen molar-refractivity contribution in [2.45, 2.75) is 26.7 Å². The number of rotatable bonds is 6. The van der Waals surface area contributed by atoms with Crippen LogP contribution in [0.4, 0.5) is 0 Å². The molecule has 4 nitrogen and oxygen atoms in total. The number of benzene rings is 1. The van der Waals surface area contributed by atoms with E-state index in [1.807, 2.05) is 19.1 Å². The standard InChI is InChI=1S/C15H22N2O2/c1-4-5-10-17(3)14(18)11-16-15(19)13-8-6-12(2)7-9-13/h6-9H,4-5,10-11H2,1-3H3,(H,16,19). The molecule has 0 atom stereocenters. The van der Waals surface area contributed by atoms with Crippen molar-refractivity contribution in [2.75, 3.05) is 20.1 Å². The van der Waals surface area contributed by atoms with Gasteiger partial charge in [0, 0.05) is 19.2 Å². The third-order valence-electron chi connectivity index (χ3n) is 2.99. The maximum absolute atomic E-state index is 11.8. The van der Waals surface area contributed by atoms with Crippen LogP contribution in [0, 0.1) is 6.92 Å². The zero-order chi connectivity index (χ0) is 14.3. The van der Waals surface area contributed by atoms with Gasteiger partial charge in [0.15, 0.2) is 0 Å². The van der Waals surface area contributed by atoms with Crippen molar-refractivity contribution in [3.05, 3.63) is 35.4 Å². The van der Waals surface area contributed by atoms with E-state index in [0.717, 1.165) is 24.9 Å². The highest BCUT2D eigenvalue weighted by atomic mass is 16.2. The fourth-order valence-electron chi connectivity index (χ4n) is 1.62. The molecule has 0 radical (unpaired) electrons. The van der Waals surface area contributed by atoms with E-state index in [2.05, 4.69) is 12.2 Å². The summed E-state index contributed by atoms with van der Waals surface area (Å²) in [6.07, 6.45) is 2.03. The number of nitrogens with one attached hydrogen (secondary N) is 1. The van der Waals surface area contributed by atoms with Crippen molar-refractivity contribution in [2.24, 2.45) is 0 Å². The minimum absolute atomic E-state index is 0.0485. The summed E-state index contributed by atoms with van der Waals surface area (Å²) < 4.78 is 0. The summed E-state index contributed by atoms with van der Waals surface area (Å²) >= 11 is 0. The van der Waals surface area contributed by atoms with E-state index in [4.69, 9.17) is 0 Å². The molecular weight excluding hydrogens is 240 g/mol. The van der Waals surface area contributed by atoms with Crippen molar-refractivity contribution in [3.8, 4) is 0 Å². The number of hydrogen-bond donors (Lipinski definition) is 1. The van der Waals surface area contributed by atoms with Gasteiger partial charge in [0.05, 0.1) is 6.54 Å². The highest BCUT2D eigenvalue weighted by Gasteiger charge is 2.10. The first-order chi connectivity index (χ1) is 9.04. The summed E-state index contributed by atoms with van der Waals surface area (Å²) in [6.45, 7) is 4.83. The summed E-state index contributed by atoms with van der Waals surface area (Å²) in [5, 5.41) is 2.65. The van der Waals surface area contributed by atoms with Crippen molar-refractivity contribution in [1.29, 1.82) is 0 Å². The molecule has 19 heavy (non-hydrogen) atoms. The Hall–Kier alpha value is -1.84. The second-order valence-corrected chi connectivity index (χ2v) is 4.72. The molecule has 0 aliphatic carbocycles. The lowest BCUT2D eigenvalue weighted by Crippen LogP contribution is -2.38. The number of amides is 2. The smallest absolute Gasteiger partial charge is 0.251 e. The fraction of sp³-hybridized carbons (Fsp3) is 0.467. The summed E-state index contributed by atoms with van der Waals surface area (Å²) in [7, 11) is 1.76. The van der Waals surface area contributed by atoms with Gasteiger partial charge in [-0.2, -0.15) is 0 Å². The number of aryl methyl sites for hydroxylation is 1. The molecule has 0 unspecified atom stereocenters. The van der Waals surface area contributed by atoms with Gasteiger partial charge in [-0.1, -0.05) is 31.0 Å². The monoisotopic (exact) mass is 262 g/mol. The summed E-state index contributed by atoms with van der Waals surface area (Å²) in [5.41, 5.74) is 1.68. The van der Waals surface area contributed by atoms with Crippen molar-refractivity contribution < 1.29 is 9.59 Å².